The first-order valence-corrected chi connectivity index (χ1v) is 8.66. The van der Waals surface area contributed by atoms with Crippen LogP contribution in [0.25, 0.3) is 11.4 Å². The first kappa shape index (κ1) is 15.8. The van der Waals surface area contributed by atoms with Crippen molar-refractivity contribution in [2.45, 2.75) is 26.4 Å². The molecule has 0 saturated heterocycles. The van der Waals surface area contributed by atoms with Crippen molar-refractivity contribution >= 4 is 5.69 Å². The standard InChI is InChI=1S/C21H22N4/c1-15-3-2-4-16(11-15)13-25-10-9-18-12-23-21(24-20(18)14-25)17-5-7-19(22)8-6-17/h2-8,11-12H,9-10,13-14,22H2,1H3. The zero-order valence-electron chi connectivity index (χ0n) is 14.4. The summed E-state index contributed by atoms with van der Waals surface area (Å²) in [6, 6.07) is 16.5. The molecule has 0 spiro atoms. The summed E-state index contributed by atoms with van der Waals surface area (Å²) in [6.45, 7) is 5.02. The van der Waals surface area contributed by atoms with Gasteiger partial charge in [0.25, 0.3) is 0 Å². The number of benzene rings is 2. The summed E-state index contributed by atoms with van der Waals surface area (Å²) in [7, 11) is 0. The molecule has 126 valence electrons. The lowest BCUT2D eigenvalue weighted by molar-refractivity contribution is 0.241. The lowest BCUT2D eigenvalue weighted by Gasteiger charge is -2.28. The highest BCUT2D eigenvalue weighted by molar-refractivity contribution is 5.58. The summed E-state index contributed by atoms with van der Waals surface area (Å²) in [4.78, 5) is 11.8. The number of hydrogen-bond acceptors (Lipinski definition) is 4. The molecule has 25 heavy (non-hydrogen) atoms. The maximum Gasteiger partial charge on any atom is 0.159 e. The van der Waals surface area contributed by atoms with Crippen LogP contribution in [-0.2, 0) is 19.5 Å². The predicted octanol–water partition coefficient (Wildman–Crippen LogP) is 3.59. The number of nitrogens with two attached hydrogens (primary N) is 1. The molecule has 2 heterocycles. The first-order chi connectivity index (χ1) is 12.2. The first-order valence-electron chi connectivity index (χ1n) is 8.66. The normalized spacial score (nSPS) is 14.3. The van der Waals surface area contributed by atoms with Crippen LogP contribution in [0.2, 0.25) is 0 Å². The molecule has 4 rings (SSSR count). The minimum Gasteiger partial charge on any atom is -0.399 e. The molecule has 4 heteroatoms. The van der Waals surface area contributed by atoms with Crippen LogP contribution in [0.4, 0.5) is 5.69 Å². The fourth-order valence-electron chi connectivity index (χ4n) is 3.33. The van der Waals surface area contributed by atoms with E-state index in [2.05, 4.69) is 41.1 Å². The van der Waals surface area contributed by atoms with Gasteiger partial charge in [-0.1, -0.05) is 29.8 Å². The van der Waals surface area contributed by atoms with E-state index >= 15 is 0 Å². The molecule has 0 unspecified atom stereocenters. The van der Waals surface area contributed by atoms with Crippen molar-refractivity contribution in [3.63, 3.8) is 0 Å². The molecule has 0 radical (unpaired) electrons. The maximum absolute atomic E-state index is 5.77. The zero-order valence-corrected chi connectivity index (χ0v) is 14.4. The third kappa shape index (κ3) is 3.54. The summed E-state index contributed by atoms with van der Waals surface area (Å²) in [5.41, 5.74) is 12.6. The van der Waals surface area contributed by atoms with Crippen molar-refractivity contribution in [3.8, 4) is 11.4 Å². The van der Waals surface area contributed by atoms with Crippen LogP contribution in [0, 0.1) is 6.92 Å². The summed E-state index contributed by atoms with van der Waals surface area (Å²) < 4.78 is 0. The van der Waals surface area contributed by atoms with Crippen LogP contribution in [-0.4, -0.2) is 21.4 Å². The van der Waals surface area contributed by atoms with Gasteiger partial charge in [0.15, 0.2) is 5.82 Å². The number of rotatable bonds is 3. The van der Waals surface area contributed by atoms with E-state index in [0.717, 1.165) is 48.8 Å². The Morgan fingerprint density at radius 3 is 2.76 bits per heavy atom. The summed E-state index contributed by atoms with van der Waals surface area (Å²) in [6.07, 6.45) is 2.99. The molecule has 0 saturated carbocycles. The molecule has 0 atom stereocenters. The van der Waals surface area contributed by atoms with Gasteiger partial charge < -0.3 is 5.73 Å². The molecule has 1 aliphatic heterocycles. The molecule has 4 nitrogen and oxygen atoms in total. The van der Waals surface area contributed by atoms with Gasteiger partial charge in [-0.15, -0.1) is 0 Å². The number of anilines is 1. The van der Waals surface area contributed by atoms with E-state index in [-0.39, 0.29) is 0 Å². The van der Waals surface area contributed by atoms with E-state index in [1.807, 2.05) is 30.5 Å². The Hall–Kier alpha value is -2.72. The van der Waals surface area contributed by atoms with Crippen molar-refractivity contribution in [2.24, 2.45) is 0 Å². The van der Waals surface area contributed by atoms with Gasteiger partial charge in [-0.2, -0.15) is 0 Å². The SMILES string of the molecule is Cc1cccc(CN2CCc3cnc(-c4ccc(N)cc4)nc3C2)c1. The quantitative estimate of drug-likeness (QED) is 0.746. The van der Waals surface area contributed by atoms with E-state index in [9.17, 15) is 0 Å². The molecule has 0 aliphatic carbocycles. The summed E-state index contributed by atoms with van der Waals surface area (Å²) in [5.74, 6) is 0.774. The minimum atomic E-state index is 0.756. The number of hydrogen-bond donors (Lipinski definition) is 1. The van der Waals surface area contributed by atoms with E-state index in [1.54, 1.807) is 0 Å². The Bertz CT molecular complexity index is 887. The Morgan fingerprint density at radius 2 is 1.96 bits per heavy atom. The van der Waals surface area contributed by atoms with Crippen molar-refractivity contribution in [3.05, 3.63) is 77.1 Å². The van der Waals surface area contributed by atoms with Crippen LogP contribution < -0.4 is 5.73 Å². The van der Waals surface area contributed by atoms with Crippen LogP contribution in [0.1, 0.15) is 22.4 Å². The van der Waals surface area contributed by atoms with Crippen LogP contribution in [0.15, 0.2) is 54.7 Å². The highest BCUT2D eigenvalue weighted by atomic mass is 15.1. The third-order valence-corrected chi connectivity index (χ3v) is 4.68. The molecule has 0 bridgehead atoms. The molecule has 2 N–H and O–H groups in total. The predicted molar refractivity (Wildman–Crippen MR) is 101 cm³/mol. The molecular formula is C21H22N4. The van der Waals surface area contributed by atoms with Gasteiger partial charge in [0.05, 0.1) is 5.69 Å². The second kappa shape index (κ2) is 6.65. The fraction of sp³-hybridized carbons (Fsp3) is 0.238. The molecule has 0 fully saturated rings. The van der Waals surface area contributed by atoms with E-state index in [1.165, 1.54) is 16.7 Å². The molecule has 0 amide bonds. The molecule has 3 aromatic rings. The number of aryl methyl sites for hydroxylation is 1. The lowest BCUT2D eigenvalue weighted by Crippen LogP contribution is -2.31. The van der Waals surface area contributed by atoms with Crippen molar-refractivity contribution in [1.29, 1.82) is 0 Å². The van der Waals surface area contributed by atoms with Gasteiger partial charge in [-0.05, 0) is 48.7 Å². The van der Waals surface area contributed by atoms with Crippen molar-refractivity contribution in [2.75, 3.05) is 12.3 Å². The number of nitrogen functional groups attached to an aromatic ring is 1. The van der Waals surface area contributed by atoms with E-state index < -0.39 is 0 Å². The van der Waals surface area contributed by atoms with Crippen molar-refractivity contribution < 1.29 is 0 Å². The van der Waals surface area contributed by atoms with Gasteiger partial charge in [-0.25, -0.2) is 9.97 Å². The Kier molecular flexibility index (Phi) is 4.20. The number of fused-ring (bicyclic) bond motifs is 1. The highest BCUT2D eigenvalue weighted by Gasteiger charge is 2.19. The molecule has 1 aliphatic rings. The summed E-state index contributed by atoms with van der Waals surface area (Å²) in [5, 5.41) is 0. The molecule has 2 aromatic carbocycles. The molecular weight excluding hydrogens is 308 g/mol. The second-order valence-electron chi connectivity index (χ2n) is 6.74. The van der Waals surface area contributed by atoms with Gasteiger partial charge in [-0.3, -0.25) is 4.90 Å². The zero-order chi connectivity index (χ0) is 17.2. The van der Waals surface area contributed by atoms with Crippen molar-refractivity contribution in [1.82, 2.24) is 14.9 Å². The van der Waals surface area contributed by atoms with Gasteiger partial charge in [0, 0.05) is 37.1 Å². The topological polar surface area (TPSA) is 55.0 Å². The Balaban J connectivity index is 1.55. The highest BCUT2D eigenvalue weighted by Crippen LogP contribution is 2.23. The largest absolute Gasteiger partial charge is 0.399 e. The van der Waals surface area contributed by atoms with Gasteiger partial charge in [0.2, 0.25) is 0 Å². The maximum atomic E-state index is 5.77. The second-order valence-corrected chi connectivity index (χ2v) is 6.74. The van der Waals surface area contributed by atoms with E-state index in [4.69, 9.17) is 10.7 Å². The molecule has 1 aromatic heterocycles. The lowest BCUT2D eigenvalue weighted by atomic mass is 10.0. The van der Waals surface area contributed by atoms with E-state index in [0.29, 0.717) is 0 Å². The van der Waals surface area contributed by atoms with Gasteiger partial charge in [0.1, 0.15) is 0 Å². The summed E-state index contributed by atoms with van der Waals surface area (Å²) >= 11 is 0. The van der Waals surface area contributed by atoms with Crippen LogP contribution in [0.5, 0.6) is 0 Å². The monoisotopic (exact) mass is 330 g/mol. The third-order valence-electron chi connectivity index (χ3n) is 4.68. The average Bonchev–Trinajstić information content (AvgIpc) is 2.62. The fourth-order valence-corrected chi connectivity index (χ4v) is 3.33. The Morgan fingerprint density at radius 1 is 1.12 bits per heavy atom. The number of aromatic nitrogens is 2. The van der Waals surface area contributed by atoms with Gasteiger partial charge >= 0.3 is 0 Å². The van der Waals surface area contributed by atoms with Crippen LogP contribution in [0.3, 0.4) is 0 Å². The number of nitrogens with zero attached hydrogens (tertiary/aromatic N) is 3. The smallest absolute Gasteiger partial charge is 0.159 e. The average molecular weight is 330 g/mol. The minimum absolute atomic E-state index is 0.756. The van der Waals surface area contributed by atoms with Crippen LogP contribution >= 0.6 is 0 Å². The Labute approximate surface area is 148 Å².